The van der Waals surface area contributed by atoms with Crippen LogP contribution in [0.1, 0.15) is 38.3 Å². The molecule has 0 amide bonds. The van der Waals surface area contributed by atoms with Crippen LogP contribution in [-0.4, -0.2) is 26.9 Å². The van der Waals surface area contributed by atoms with Crippen molar-refractivity contribution in [1.29, 1.82) is 0 Å². The zero-order chi connectivity index (χ0) is 13.2. The van der Waals surface area contributed by atoms with Gasteiger partial charge in [0, 0.05) is 18.2 Å². The van der Waals surface area contributed by atoms with Crippen molar-refractivity contribution in [2.75, 3.05) is 26.9 Å². The van der Waals surface area contributed by atoms with Crippen LogP contribution in [0.2, 0.25) is 0 Å². The van der Waals surface area contributed by atoms with Gasteiger partial charge < -0.3 is 14.8 Å². The molecule has 102 valence electrons. The molecule has 0 aliphatic carbocycles. The number of benzene rings is 1. The number of nitrogens with one attached hydrogen (secondary N) is 1. The number of hydrogen-bond donors (Lipinski definition) is 1. The molecule has 0 aliphatic rings. The third-order valence-electron chi connectivity index (χ3n) is 2.95. The van der Waals surface area contributed by atoms with Crippen LogP contribution in [0.25, 0.3) is 0 Å². The van der Waals surface area contributed by atoms with E-state index in [1.54, 1.807) is 0 Å². The van der Waals surface area contributed by atoms with Gasteiger partial charge in [-0.1, -0.05) is 31.5 Å². The number of unbranched alkanes of at least 4 members (excludes halogenated alkanes) is 1. The van der Waals surface area contributed by atoms with E-state index in [0.29, 0.717) is 19.3 Å². The third-order valence-corrected chi connectivity index (χ3v) is 2.95. The summed E-state index contributed by atoms with van der Waals surface area (Å²) in [4.78, 5) is 0. The van der Waals surface area contributed by atoms with Crippen LogP contribution >= 0.6 is 0 Å². The topological polar surface area (TPSA) is 30.5 Å². The van der Waals surface area contributed by atoms with Crippen LogP contribution in [0.3, 0.4) is 0 Å². The summed E-state index contributed by atoms with van der Waals surface area (Å²) >= 11 is 0. The lowest BCUT2D eigenvalue weighted by Crippen LogP contribution is -2.15. The predicted molar refractivity (Wildman–Crippen MR) is 75.1 cm³/mol. The Morgan fingerprint density at radius 2 is 1.94 bits per heavy atom. The smallest absolute Gasteiger partial charge is 0.124 e. The van der Waals surface area contributed by atoms with E-state index in [4.69, 9.17) is 9.47 Å². The second-order valence-electron chi connectivity index (χ2n) is 4.36. The summed E-state index contributed by atoms with van der Waals surface area (Å²) in [5.41, 5.74) is 1.19. The van der Waals surface area contributed by atoms with Crippen molar-refractivity contribution in [2.45, 2.75) is 32.7 Å². The van der Waals surface area contributed by atoms with Gasteiger partial charge in [-0.2, -0.15) is 0 Å². The molecule has 0 radical (unpaired) electrons. The molecule has 3 nitrogen and oxygen atoms in total. The maximum Gasteiger partial charge on any atom is 0.124 e. The van der Waals surface area contributed by atoms with Gasteiger partial charge in [0.15, 0.2) is 0 Å². The fourth-order valence-electron chi connectivity index (χ4n) is 1.68. The maximum absolute atomic E-state index is 5.78. The van der Waals surface area contributed by atoms with Crippen molar-refractivity contribution >= 4 is 0 Å². The van der Waals surface area contributed by atoms with Crippen molar-refractivity contribution in [3.63, 3.8) is 0 Å². The first-order chi connectivity index (χ1) is 8.79. The third kappa shape index (κ3) is 5.07. The number of hydrogen-bond acceptors (Lipinski definition) is 3. The second kappa shape index (κ2) is 8.95. The Morgan fingerprint density at radius 3 is 2.67 bits per heavy atom. The Hall–Kier alpha value is -1.06. The van der Waals surface area contributed by atoms with Crippen molar-refractivity contribution in [3.8, 4) is 5.75 Å². The first kappa shape index (κ1) is 15.0. The molecule has 0 aliphatic heterocycles. The summed E-state index contributed by atoms with van der Waals surface area (Å²) in [6.45, 7) is 6.38. The molecule has 18 heavy (non-hydrogen) atoms. The molecular weight excluding hydrogens is 226 g/mol. The first-order valence-electron chi connectivity index (χ1n) is 6.76. The minimum absolute atomic E-state index is 0.294. The van der Waals surface area contributed by atoms with Crippen LogP contribution in [-0.2, 0) is 4.74 Å². The summed E-state index contributed by atoms with van der Waals surface area (Å²) < 4.78 is 11.3. The highest BCUT2D eigenvalue weighted by atomic mass is 16.5. The number of ether oxygens (including phenoxy) is 2. The Bertz CT molecular complexity index is 328. The fraction of sp³-hybridized carbons (Fsp3) is 0.600. The largest absolute Gasteiger partial charge is 0.491 e. The van der Waals surface area contributed by atoms with E-state index in [0.717, 1.165) is 18.8 Å². The van der Waals surface area contributed by atoms with E-state index < -0.39 is 0 Å². The minimum Gasteiger partial charge on any atom is -0.491 e. The van der Waals surface area contributed by atoms with Crippen LogP contribution < -0.4 is 10.1 Å². The Labute approximate surface area is 110 Å². The molecule has 0 saturated heterocycles. The van der Waals surface area contributed by atoms with Crippen LogP contribution in [0.4, 0.5) is 0 Å². The molecule has 1 atom stereocenters. The maximum atomic E-state index is 5.78. The molecular formula is C15H25NO2. The summed E-state index contributed by atoms with van der Waals surface area (Å²) in [6, 6.07) is 8.43. The molecule has 0 spiro atoms. The van der Waals surface area contributed by atoms with Crippen LogP contribution in [0, 0.1) is 0 Å². The molecule has 3 heteroatoms. The van der Waals surface area contributed by atoms with Gasteiger partial charge in [0.2, 0.25) is 0 Å². The van der Waals surface area contributed by atoms with Crippen molar-refractivity contribution in [3.05, 3.63) is 29.8 Å². The zero-order valence-corrected chi connectivity index (χ0v) is 11.7. The van der Waals surface area contributed by atoms with Crippen molar-refractivity contribution < 1.29 is 9.47 Å². The highest BCUT2D eigenvalue weighted by Gasteiger charge is 2.08. The molecule has 0 aromatic heterocycles. The monoisotopic (exact) mass is 251 g/mol. The molecule has 0 bridgehead atoms. The highest BCUT2D eigenvalue weighted by molar-refractivity contribution is 5.35. The van der Waals surface area contributed by atoms with Gasteiger partial charge in [0.05, 0.1) is 6.61 Å². The second-order valence-corrected chi connectivity index (χ2v) is 4.36. The van der Waals surface area contributed by atoms with Gasteiger partial charge in [0.1, 0.15) is 12.4 Å². The fourth-order valence-corrected chi connectivity index (χ4v) is 1.68. The molecule has 1 aromatic carbocycles. The molecule has 0 saturated carbocycles. The van der Waals surface area contributed by atoms with Gasteiger partial charge >= 0.3 is 0 Å². The average Bonchev–Trinajstić information content (AvgIpc) is 2.42. The Kier molecular flexibility index (Phi) is 7.46. The number of rotatable bonds is 9. The standard InChI is InChI=1S/C15H25NO2/c1-4-5-10-17-11-12-18-15-9-7-6-8-14(15)13(2)16-3/h6-9,13,16H,4-5,10-12H2,1-3H3. The summed E-state index contributed by atoms with van der Waals surface area (Å²) in [7, 11) is 1.95. The van der Waals surface area contributed by atoms with Gasteiger partial charge in [-0.05, 0) is 26.5 Å². The summed E-state index contributed by atoms with van der Waals surface area (Å²) in [5, 5.41) is 3.23. The summed E-state index contributed by atoms with van der Waals surface area (Å²) in [6.07, 6.45) is 2.29. The SMILES string of the molecule is CCCCOCCOc1ccccc1C(C)NC. The van der Waals surface area contributed by atoms with Gasteiger partial charge in [0.25, 0.3) is 0 Å². The van der Waals surface area contributed by atoms with Crippen LogP contribution in [0.5, 0.6) is 5.75 Å². The lowest BCUT2D eigenvalue weighted by molar-refractivity contribution is 0.0976. The number of para-hydroxylation sites is 1. The van der Waals surface area contributed by atoms with Gasteiger partial charge in [-0.3, -0.25) is 0 Å². The van der Waals surface area contributed by atoms with E-state index in [-0.39, 0.29) is 0 Å². The molecule has 1 unspecified atom stereocenters. The van der Waals surface area contributed by atoms with E-state index in [1.807, 2.05) is 25.2 Å². The minimum atomic E-state index is 0.294. The Morgan fingerprint density at radius 1 is 1.17 bits per heavy atom. The van der Waals surface area contributed by atoms with E-state index >= 15 is 0 Å². The predicted octanol–water partition coefficient (Wildman–Crippen LogP) is 3.16. The van der Waals surface area contributed by atoms with Gasteiger partial charge in [-0.25, -0.2) is 0 Å². The lowest BCUT2D eigenvalue weighted by atomic mass is 10.1. The quantitative estimate of drug-likeness (QED) is 0.684. The molecule has 1 aromatic rings. The van der Waals surface area contributed by atoms with Crippen molar-refractivity contribution in [2.24, 2.45) is 0 Å². The van der Waals surface area contributed by atoms with Crippen molar-refractivity contribution in [1.82, 2.24) is 5.32 Å². The first-order valence-corrected chi connectivity index (χ1v) is 6.76. The lowest BCUT2D eigenvalue weighted by Gasteiger charge is -2.16. The average molecular weight is 251 g/mol. The molecule has 0 fully saturated rings. The Balaban J connectivity index is 2.37. The molecule has 1 N–H and O–H groups in total. The van der Waals surface area contributed by atoms with E-state index in [9.17, 15) is 0 Å². The molecule has 1 rings (SSSR count). The normalized spacial score (nSPS) is 12.4. The summed E-state index contributed by atoms with van der Waals surface area (Å²) in [5.74, 6) is 0.943. The van der Waals surface area contributed by atoms with E-state index in [1.165, 1.54) is 12.0 Å². The molecule has 0 heterocycles. The van der Waals surface area contributed by atoms with E-state index in [2.05, 4.69) is 25.2 Å². The zero-order valence-electron chi connectivity index (χ0n) is 11.7. The van der Waals surface area contributed by atoms with Gasteiger partial charge in [-0.15, -0.1) is 0 Å². The highest BCUT2D eigenvalue weighted by Crippen LogP contribution is 2.24. The van der Waals surface area contributed by atoms with Crippen LogP contribution in [0.15, 0.2) is 24.3 Å².